The van der Waals surface area contributed by atoms with Crippen LogP contribution in [0.3, 0.4) is 0 Å². The minimum absolute atomic E-state index is 0.000864. The van der Waals surface area contributed by atoms with Gasteiger partial charge < -0.3 is 20.3 Å². The molecule has 1 saturated carbocycles. The molecule has 4 rings (SSSR count). The fourth-order valence-corrected chi connectivity index (χ4v) is 5.15. The van der Waals surface area contributed by atoms with Gasteiger partial charge in [0.2, 0.25) is 5.91 Å². The molecule has 10 heteroatoms. The summed E-state index contributed by atoms with van der Waals surface area (Å²) in [6.45, 7) is 7.28. The standard InChI is InChI=1S/C26H34F3N5O2/c1-15(2)24-25(35)33-23-16(3)32-22(11-20(23)34(24)4)31-12-17-5-7-18(8-6-17)14-36-19-9-10-21(30-13-19)26(27,28)29/h9-11,13,15,17-18,24H,5-8,12,14H2,1-4H3,(H,31,32)(H,33,35)/t17-,18-,24?. The molecule has 7 nitrogen and oxygen atoms in total. The Kier molecular flexibility index (Phi) is 7.61. The Morgan fingerprint density at radius 1 is 1.19 bits per heavy atom. The van der Waals surface area contributed by atoms with E-state index in [9.17, 15) is 18.0 Å². The Hall–Kier alpha value is -3.04. The molecule has 196 valence electrons. The minimum Gasteiger partial charge on any atom is -0.492 e. The van der Waals surface area contributed by atoms with Crippen molar-refractivity contribution in [2.45, 2.75) is 58.7 Å². The molecule has 3 heterocycles. The number of aryl methyl sites for hydroxylation is 1. The van der Waals surface area contributed by atoms with Crippen LogP contribution >= 0.6 is 0 Å². The van der Waals surface area contributed by atoms with E-state index in [0.717, 1.165) is 67.4 Å². The van der Waals surface area contributed by atoms with Crippen molar-refractivity contribution in [2.75, 3.05) is 35.7 Å². The second-order valence-corrected chi connectivity index (χ2v) is 10.2. The fourth-order valence-electron chi connectivity index (χ4n) is 5.15. The summed E-state index contributed by atoms with van der Waals surface area (Å²) in [5, 5.41) is 6.51. The number of aromatic nitrogens is 2. The first kappa shape index (κ1) is 26.0. The number of amides is 1. The highest BCUT2D eigenvalue weighted by Gasteiger charge is 2.34. The number of rotatable bonds is 7. The molecule has 0 radical (unpaired) electrons. The average molecular weight is 506 g/mol. The molecule has 0 saturated heterocycles. The molecule has 1 amide bonds. The van der Waals surface area contributed by atoms with Gasteiger partial charge in [0.05, 0.1) is 29.9 Å². The van der Waals surface area contributed by atoms with Crippen LogP contribution in [0, 0.1) is 24.7 Å². The summed E-state index contributed by atoms with van der Waals surface area (Å²) in [5.41, 5.74) is 1.62. The number of fused-ring (bicyclic) bond motifs is 1. The Balaban J connectivity index is 1.26. The Bertz CT molecular complexity index is 1070. The van der Waals surface area contributed by atoms with Gasteiger partial charge in [0.15, 0.2) is 0 Å². The van der Waals surface area contributed by atoms with Crippen molar-refractivity contribution >= 4 is 23.1 Å². The summed E-state index contributed by atoms with van der Waals surface area (Å²) in [6.07, 6.45) is 0.784. The summed E-state index contributed by atoms with van der Waals surface area (Å²) in [5.74, 6) is 2.23. The van der Waals surface area contributed by atoms with Crippen molar-refractivity contribution in [3.63, 3.8) is 0 Å². The molecule has 1 aliphatic heterocycles. The van der Waals surface area contributed by atoms with Gasteiger partial charge in [-0.25, -0.2) is 9.97 Å². The van der Waals surface area contributed by atoms with Crippen LogP contribution in [0.5, 0.6) is 5.75 Å². The predicted molar refractivity (Wildman–Crippen MR) is 133 cm³/mol. The lowest BCUT2D eigenvalue weighted by atomic mass is 9.82. The lowest BCUT2D eigenvalue weighted by Crippen LogP contribution is -2.49. The van der Waals surface area contributed by atoms with Crippen molar-refractivity contribution in [1.82, 2.24) is 9.97 Å². The average Bonchev–Trinajstić information content (AvgIpc) is 2.82. The maximum atomic E-state index is 12.6. The number of anilines is 3. The van der Waals surface area contributed by atoms with Crippen LogP contribution in [0.2, 0.25) is 0 Å². The van der Waals surface area contributed by atoms with Crippen molar-refractivity contribution in [3.05, 3.63) is 35.8 Å². The zero-order chi connectivity index (χ0) is 26.0. The molecule has 36 heavy (non-hydrogen) atoms. The third-order valence-electron chi connectivity index (χ3n) is 7.18. The molecular weight excluding hydrogens is 471 g/mol. The number of nitrogens with one attached hydrogen (secondary N) is 2. The highest BCUT2D eigenvalue weighted by atomic mass is 19.4. The van der Waals surface area contributed by atoms with Crippen molar-refractivity contribution in [1.29, 1.82) is 0 Å². The van der Waals surface area contributed by atoms with E-state index in [0.29, 0.717) is 24.2 Å². The Labute approximate surface area is 209 Å². The first-order valence-corrected chi connectivity index (χ1v) is 12.5. The number of likely N-dealkylation sites (N-methyl/N-ethyl adjacent to an activating group) is 1. The van der Waals surface area contributed by atoms with Gasteiger partial charge in [-0.2, -0.15) is 13.2 Å². The molecule has 1 fully saturated rings. The number of nitrogens with zero attached hydrogens (tertiary/aromatic N) is 3. The van der Waals surface area contributed by atoms with Crippen LogP contribution in [-0.4, -0.2) is 42.1 Å². The molecule has 1 unspecified atom stereocenters. The number of hydrogen-bond acceptors (Lipinski definition) is 6. The zero-order valence-electron chi connectivity index (χ0n) is 21.2. The summed E-state index contributed by atoms with van der Waals surface area (Å²) >= 11 is 0. The smallest absolute Gasteiger partial charge is 0.433 e. The molecule has 2 aromatic heterocycles. The number of pyridine rings is 2. The van der Waals surface area contributed by atoms with Crippen LogP contribution in [0.15, 0.2) is 24.4 Å². The van der Waals surface area contributed by atoms with E-state index in [-0.39, 0.29) is 17.9 Å². The number of carbonyl (C=O) groups is 1. The first-order valence-electron chi connectivity index (χ1n) is 12.5. The Morgan fingerprint density at radius 3 is 2.50 bits per heavy atom. The van der Waals surface area contributed by atoms with E-state index in [1.807, 2.05) is 38.8 Å². The van der Waals surface area contributed by atoms with Gasteiger partial charge in [-0.1, -0.05) is 13.8 Å². The minimum atomic E-state index is -4.44. The molecule has 0 bridgehead atoms. The third kappa shape index (κ3) is 5.84. The normalized spacial score (nSPS) is 22.3. The number of hydrogen-bond donors (Lipinski definition) is 2. The highest BCUT2D eigenvalue weighted by molar-refractivity contribution is 6.04. The number of ether oxygens (including phenoxy) is 1. The Morgan fingerprint density at radius 2 is 1.89 bits per heavy atom. The van der Waals surface area contributed by atoms with Gasteiger partial charge in [-0.05, 0) is 62.5 Å². The van der Waals surface area contributed by atoms with Crippen LogP contribution in [0.1, 0.15) is 50.9 Å². The van der Waals surface area contributed by atoms with Crippen LogP contribution in [0.4, 0.5) is 30.4 Å². The van der Waals surface area contributed by atoms with Crippen LogP contribution in [0.25, 0.3) is 0 Å². The molecule has 1 aliphatic carbocycles. The number of halogens is 3. The van der Waals surface area contributed by atoms with Crippen molar-refractivity contribution in [2.24, 2.45) is 17.8 Å². The first-order chi connectivity index (χ1) is 17.0. The molecule has 1 atom stereocenters. The third-order valence-corrected chi connectivity index (χ3v) is 7.18. The SMILES string of the molecule is Cc1nc(NC[C@H]2CC[C@H](COc3ccc(C(F)(F)F)nc3)CC2)cc2c1NC(=O)C(C(C)C)N2C. The lowest BCUT2D eigenvalue weighted by Gasteiger charge is -2.38. The quantitative estimate of drug-likeness (QED) is 0.516. The van der Waals surface area contributed by atoms with Crippen molar-refractivity contribution in [3.8, 4) is 5.75 Å². The van der Waals surface area contributed by atoms with Gasteiger partial charge in [0, 0.05) is 19.7 Å². The van der Waals surface area contributed by atoms with Gasteiger partial charge in [0.25, 0.3) is 0 Å². The maximum absolute atomic E-state index is 12.6. The monoisotopic (exact) mass is 505 g/mol. The summed E-state index contributed by atoms with van der Waals surface area (Å²) in [4.78, 5) is 22.7. The molecular formula is C26H34F3N5O2. The molecule has 2 aromatic rings. The van der Waals surface area contributed by atoms with Gasteiger partial charge >= 0.3 is 6.18 Å². The molecule has 0 spiro atoms. The molecule has 2 aliphatic rings. The predicted octanol–water partition coefficient (Wildman–Crippen LogP) is 5.51. The van der Waals surface area contributed by atoms with E-state index >= 15 is 0 Å². The molecule has 0 aromatic carbocycles. The van der Waals surface area contributed by atoms with E-state index in [4.69, 9.17) is 4.74 Å². The zero-order valence-corrected chi connectivity index (χ0v) is 21.2. The van der Waals surface area contributed by atoms with Crippen LogP contribution in [-0.2, 0) is 11.0 Å². The topological polar surface area (TPSA) is 79.4 Å². The van der Waals surface area contributed by atoms with E-state index < -0.39 is 11.9 Å². The summed E-state index contributed by atoms with van der Waals surface area (Å²) < 4.78 is 43.6. The molecule has 2 N–H and O–H groups in total. The van der Waals surface area contributed by atoms with Gasteiger partial charge in [0.1, 0.15) is 23.3 Å². The van der Waals surface area contributed by atoms with E-state index in [1.54, 1.807) is 0 Å². The fraction of sp³-hybridized carbons (Fsp3) is 0.577. The van der Waals surface area contributed by atoms with Crippen LogP contribution < -0.4 is 20.3 Å². The van der Waals surface area contributed by atoms with Gasteiger partial charge in [-0.3, -0.25) is 4.79 Å². The summed E-state index contributed by atoms with van der Waals surface area (Å²) in [7, 11) is 1.95. The van der Waals surface area contributed by atoms with Crippen molar-refractivity contribution < 1.29 is 22.7 Å². The summed E-state index contributed by atoms with van der Waals surface area (Å²) in [6, 6.07) is 4.06. The highest BCUT2D eigenvalue weighted by Crippen LogP contribution is 2.37. The second kappa shape index (κ2) is 10.5. The van der Waals surface area contributed by atoms with Gasteiger partial charge in [-0.15, -0.1) is 0 Å². The second-order valence-electron chi connectivity index (χ2n) is 10.2. The lowest BCUT2D eigenvalue weighted by molar-refractivity contribution is -0.141. The largest absolute Gasteiger partial charge is 0.492 e. The van der Waals surface area contributed by atoms with E-state index in [2.05, 4.69) is 20.6 Å². The number of alkyl halides is 3. The number of carbonyl (C=O) groups excluding carboxylic acids is 1. The van der Waals surface area contributed by atoms with E-state index in [1.165, 1.54) is 6.07 Å². The maximum Gasteiger partial charge on any atom is 0.433 e.